The zero-order valence-corrected chi connectivity index (χ0v) is 10.8. The largest absolute Gasteiger partial charge is 0.496 e. The van der Waals surface area contributed by atoms with Crippen molar-refractivity contribution in [3.63, 3.8) is 0 Å². The predicted molar refractivity (Wildman–Crippen MR) is 64.9 cm³/mol. The predicted octanol–water partition coefficient (Wildman–Crippen LogP) is 2.41. The van der Waals surface area contributed by atoms with Crippen molar-refractivity contribution in [2.24, 2.45) is 0 Å². The van der Waals surface area contributed by atoms with Crippen molar-refractivity contribution in [1.82, 2.24) is 4.98 Å². The van der Waals surface area contributed by atoms with E-state index in [4.69, 9.17) is 4.74 Å². The molecular formula is C13H21NO2. The van der Waals surface area contributed by atoms with Gasteiger partial charge in [0, 0.05) is 29.4 Å². The fourth-order valence-electron chi connectivity index (χ4n) is 1.74. The zero-order valence-electron chi connectivity index (χ0n) is 10.8. The molecule has 16 heavy (non-hydrogen) atoms. The summed E-state index contributed by atoms with van der Waals surface area (Å²) in [6, 6.07) is 0. The molecule has 1 N–H and O–H groups in total. The van der Waals surface area contributed by atoms with Gasteiger partial charge >= 0.3 is 0 Å². The summed E-state index contributed by atoms with van der Waals surface area (Å²) in [7, 11) is 1.66. The minimum Gasteiger partial charge on any atom is -0.496 e. The quantitative estimate of drug-likeness (QED) is 0.852. The molecule has 1 heterocycles. The van der Waals surface area contributed by atoms with Crippen molar-refractivity contribution in [3.8, 4) is 5.75 Å². The van der Waals surface area contributed by atoms with Crippen LogP contribution in [0.2, 0.25) is 0 Å². The second-order valence-corrected chi connectivity index (χ2v) is 4.57. The van der Waals surface area contributed by atoms with Gasteiger partial charge in [-0.15, -0.1) is 0 Å². The summed E-state index contributed by atoms with van der Waals surface area (Å²) in [6.45, 7) is 7.77. The molecule has 0 spiro atoms. The van der Waals surface area contributed by atoms with Gasteiger partial charge in [-0.2, -0.15) is 0 Å². The Morgan fingerprint density at radius 3 is 2.56 bits per heavy atom. The monoisotopic (exact) mass is 223 g/mol. The Morgan fingerprint density at radius 1 is 1.44 bits per heavy atom. The van der Waals surface area contributed by atoms with Gasteiger partial charge in [-0.1, -0.05) is 6.92 Å². The Morgan fingerprint density at radius 2 is 2.06 bits per heavy atom. The molecule has 90 valence electrons. The molecule has 1 unspecified atom stereocenters. The SMILES string of the molecule is CCC(C)(O)Cc1ncc(C)c(OC)c1C. The average Bonchev–Trinajstić information content (AvgIpc) is 2.23. The van der Waals surface area contributed by atoms with Crippen molar-refractivity contribution in [2.45, 2.75) is 46.1 Å². The molecule has 1 aromatic rings. The number of ether oxygens (including phenoxy) is 1. The number of pyridine rings is 1. The summed E-state index contributed by atoms with van der Waals surface area (Å²) in [6.07, 6.45) is 3.07. The standard InChI is InChI=1S/C13H21NO2/c1-6-13(4,15)7-11-10(3)12(16-5)9(2)8-14-11/h8,15H,6-7H2,1-5H3. The highest BCUT2D eigenvalue weighted by atomic mass is 16.5. The highest BCUT2D eigenvalue weighted by Crippen LogP contribution is 2.26. The van der Waals surface area contributed by atoms with E-state index in [0.29, 0.717) is 12.8 Å². The number of hydrogen-bond donors (Lipinski definition) is 1. The Bertz CT molecular complexity index is 372. The first-order valence-corrected chi connectivity index (χ1v) is 5.62. The Labute approximate surface area is 97.5 Å². The van der Waals surface area contributed by atoms with Gasteiger partial charge in [-0.05, 0) is 27.2 Å². The maximum Gasteiger partial charge on any atom is 0.128 e. The number of hydrogen-bond acceptors (Lipinski definition) is 3. The Hall–Kier alpha value is -1.09. The van der Waals surface area contributed by atoms with Gasteiger partial charge in [-0.3, -0.25) is 4.98 Å². The van der Waals surface area contributed by atoms with Gasteiger partial charge in [0.05, 0.1) is 12.7 Å². The number of aliphatic hydroxyl groups is 1. The topological polar surface area (TPSA) is 42.4 Å². The van der Waals surface area contributed by atoms with Gasteiger partial charge < -0.3 is 9.84 Å². The minimum absolute atomic E-state index is 0.561. The molecule has 1 rings (SSSR count). The van der Waals surface area contributed by atoms with Crippen LogP contribution >= 0.6 is 0 Å². The van der Waals surface area contributed by atoms with E-state index >= 15 is 0 Å². The first-order chi connectivity index (χ1) is 7.41. The van der Waals surface area contributed by atoms with Crippen LogP contribution in [0.4, 0.5) is 0 Å². The summed E-state index contributed by atoms with van der Waals surface area (Å²) in [5, 5.41) is 10.1. The second kappa shape index (κ2) is 4.83. The zero-order chi connectivity index (χ0) is 12.3. The molecule has 0 saturated carbocycles. The van der Waals surface area contributed by atoms with E-state index in [1.165, 1.54) is 0 Å². The van der Waals surface area contributed by atoms with E-state index < -0.39 is 5.60 Å². The van der Waals surface area contributed by atoms with Gasteiger partial charge in [0.2, 0.25) is 0 Å². The summed E-state index contributed by atoms with van der Waals surface area (Å²) in [5.74, 6) is 0.872. The lowest BCUT2D eigenvalue weighted by Crippen LogP contribution is -2.27. The molecule has 0 fully saturated rings. The van der Waals surface area contributed by atoms with E-state index in [1.807, 2.05) is 27.7 Å². The van der Waals surface area contributed by atoms with Crippen molar-refractivity contribution in [1.29, 1.82) is 0 Å². The van der Waals surface area contributed by atoms with Crippen LogP contribution in [0.5, 0.6) is 5.75 Å². The first kappa shape index (κ1) is 13.0. The van der Waals surface area contributed by atoms with E-state index in [2.05, 4.69) is 4.98 Å². The third-order valence-electron chi connectivity index (χ3n) is 3.06. The number of nitrogens with zero attached hydrogens (tertiary/aromatic N) is 1. The average molecular weight is 223 g/mol. The van der Waals surface area contributed by atoms with E-state index in [1.54, 1.807) is 13.3 Å². The fraction of sp³-hybridized carbons (Fsp3) is 0.615. The lowest BCUT2D eigenvalue weighted by molar-refractivity contribution is 0.0552. The number of aromatic nitrogens is 1. The van der Waals surface area contributed by atoms with Crippen LogP contribution in [-0.4, -0.2) is 22.8 Å². The number of methoxy groups -OCH3 is 1. The van der Waals surface area contributed by atoms with E-state index in [9.17, 15) is 5.11 Å². The maximum atomic E-state index is 10.1. The van der Waals surface area contributed by atoms with E-state index in [0.717, 1.165) is 22.6 Å². The van der Waals surface area contributed by atoms with Gasteiger partial charge in [0.25, 0.3) is 0 Å². The van der Waals surface area contributed by atoms with Crippen LogP contribution in [0, 0.1) is 13.8 Å². The maximum absolute atomic E-state index is 10.1. The Balaban J connectivity index is 3.07. The van der Waals surface area contributed by atoms with Crippen molar-refractivity contribution < 1.29 is 9.84 Å². The van der Waals surface area contributed by atoms with Gasteiger partial charge in [-0.25, -0.2) is 0 Å². The smallest absolute Gasteiger partial charge is 0.128 e. The molecule has 0 aliphatic rings. The molecule has 0 aliphatic heterocycles. The lowest BCUT2D eigenvalue weighted by atomic mass is 9.94. The third kappa shape index (κ3) is 2.73. The Kier molecular flexibility index (Phi) is 3.92. The fourth-order valence-corrected chi connectivity index (χ4v) is 1.74. The molecule has 3 nitrogen and oxygen atoms in total. The summed E-state index contributed by atoms with van der Waals surface area (Å²) in [5.41, 5.74) is 2.27. The van der Waals surface area contributed by atoms with Crippen LogP contribution in [0.3, 0.4) is 0 Å². The highest BCUT2D eigenvalue weighted by molar-refractivity contribution is 5.41. The highest BCUT2D eigenvalue weighted by Gasteiger charge is 2.21. The molecule has 0 radical (unpaired) electrons. The van der Waals surface area contributed by atoms with Crippen LogP contribution < -0.4 is 4.74 Å². The number of aryl methyl sites for hydroxylation is 1. The van der Waals surface area contributed by atoms with Crippen molar-refractivity contribution >= 4 is 0 Å². The van der Waals surface area contributed by atoms with Crippen LogP contribution in [0.25, 0.3) is 0 Å². The summed E-state index contributed by atoms with van der Waals surface area (Å²) in [4.78, 5) is 4.38. The summed E-state index contributed by atoms with van der Waals surface area (Å²) < 4.78 is 5.34. The molecule has 0 amide bonds. The van der Waals surface area contributed by atoms with Gasteiger partial charge in [0.1, 0.15) is 5.75 Å². The molecule has 0 bridgehead atoms. The lowest BCUT2D eigenvalue weighted by Gasteiger charge is -2.22. The van der Waals surface area contributed by atoms with E-state index in [-0.39, 0.29) is 0 Å². The van der Waals surface area contributed by atoms with Crippen molar-refractivity contribution in [3.05, 3.63) is 23.0 Å². The molecule has 0 aromatic carbocycles. The molecular weight excluding hydrogens is 202 g/mol. The molecule has 1 aromatic heterocycles. The normalized spacial score (nSPS) is 14.6. The minimum atomic E-state index is -0.696. The van der Waals surface area contributed by atoms with Crippen LogP contribution in [0.15, 0.2) is 6.20 Å². The van der Waals surface area contributed by atoms with Crippen LogP contribution in [0.1, 0.15) is 37.1 Å². The van der Waals surface area contributed by atoms with Crippen LogP contribution in [-0.2, 0) is 6.42 Å². The molecule has 3 heteroatoms. The van der Waals surface area contributed by atoms with Crippen molar-refractivity contribution in [2.75, 3.05) is 7.11 Å². The molecule has 0 aliphatic carbocycles. The first-order valence-electron chi connectivity index (χ1n) is 5.62. The second-order valence-electron chi connectivity index (χ2n) is 4.57. The van der Waals surface area contributed by atoms with Gasteiger partial charge in [0.15, 0.2) is 0 Å². The third-order valence-corrected chi connectivity index (χ3v) is 3.06. The molecule has 0 saturated heterocycles. The molecule has 1 atom stereocenters. The summed E-state index contributed by atoms with van der Waals surface area (Å²) >= 11 is 0. The number of rotatable bonds is 4.